The molecule has 1 aliphatic heterocycles. The Morgan fingerprint density at radius 1 is 1.22 bits per heavy atom. The van der Waals surface area contributed by atoms with E-state index in [0.29, 0.717) is 16.6 Å². The van der Waals surface area contributed by atoms with Crippen LogP contribution < -0.4 is 15.4 Å². The summed E-state index contributed by atoms with van der Waals surface area (Å²) in [6.07, 6.45) is 3.30. The zero-order chi connectivity index (χ0) is 19.3. The Morgan fingerprint density at radius 3 is 2.67 bits per heavy atom. The van der Waals surface area contributed by atoms with Gasteiger partial charge in [0.05, 0.1) is 15.8 Å². The van der Waals surface area contributed by atoms with Gasteiger partial charge < -0.3 is 15.4 Å². The second-order valence-corrected chi connectivity index (χ2v) is 8.00. The van der Waals surface area contributed by atoms with E-state index in [2.05, 4.69) is 15.9 Å². The molecular weight excluding hydrogens is 418 g/mol. The number of nitrogens with two attached hydrogens (primary N) is 1. The number of hydrogen-bond donors (Lipinski definition) is 1. The standard InChI is InChI=1S/C20H19BrF2N2O2/c1-10-2-5-12-17(25(10)20(26)11-3-4-11)7-6-13(21)19(12)27-18-9-14(22)16(24)8-15(18)23/h6-11H,2-5,24H2,1H3. The molecule has 0 radical (unpaired) electrons. The third-order valence-electron chi connectivity index (χ3n) is 5.13. The van der Waals surface area contributed by atoms with Crippen molar-refractivity contribution in [2.24, 2.45) is 5.92 Å². The molecule has 1 heterocycles. The van der Waals surface area contributed by atoms with Crippen molar-refractivity contribution in [3.8, 4) is 11.5 Å². The highest BCUT2D eigenvalue weighted by molar-refractivity contribution is 9.10. The first-order valence-electron chi connectivity index (χ1n) is 8.93. The van der Waals surface area contributed by atoms with Gasteiger partial charge in [0.2, 0.25) is 5.91 Å². The molecule has 2 aromatic carbocycles. The van der Waals surface area contributed by atoms with Gasteiger partial charge in [-0.3, -0.25) is 4.79 Å². The van der Waals surface area contributed by atoms with Crippen LogP contribution in [0.2, 0.25) is 0 Å². The minimum absolute atomic E-state index is 0.0883. The second kappa shape index (κ2) is 6.78. The van der Waals surface area contributed by atoms with Crippen LogP contribution in [0.5, 0.6) is 11.5 Å². The third kappa shape index (κ3) is 3.29. The monoisotopic (exact) mass is 436 g/mol. The van der Waals surface area contributed by atoms with Gasteiger partial charge >= 0.3 is 0 Å². The Kier molecular flexibility index (Phi) is 4.58. The maximum Gasteiger partial charge on any atom is 0.230 e. The minimum atomic E-state index is -0.744. The maximum absolute atomic E-state index is 14.2. The summed E-state index contributed by atoms with van der Waals surface area (Å²) in [7, 11) is 0. The Labute approximate surface area is 164 Å². The van der Waals surface area contributed by atoms with Crippen molar-refractivity contribution >= 4 is 33.2 Å². The van der Waals surface area contributed by atoms with Gasteiger partial charge in [-0.05, 0) is 60.7 Å². The van der Waals surface area contributed by atoms with E-state index in [0.717, 1.165) is 42.6 Å². The van der Waals surface area contributed by atoms with E-state index in [9.17, 15) is 13.6 Å². The predicted octanol–water partition coefficient (Wildman–Crippen LogP) is 5.18. The molecule has 1 saturated carbocycles. The highest BCUT2D eigenvalue weighted by Gasteiger charge is 2.39. The highest BCUT2D eigenvalue weighted by Crippen LogP contribution is 2.45. The third-order valence-corrected chi connectivity index (χ3v) is 5.75. The van der Waals surface area contributed by atoms with Crippen molar-refractivity contribution in [3.05, 3.63) is 45.9 Å². The second-order valence-electron chi connectivity index (χ2n) is 7.15. The molecule has 4 nitrogen and oxygen atoms in total. The number of carbonyl (C=O) groups excluding carboxylic acids is 1. The van der Waals surface area contributed by atoms with E-state index in [1.807, 2.05) is 17.9 Å². The molecule has 0 saturated heterocycles. The van der Waals surface area contributed by atoms with Crippen LogP contribution >= 0.6 is 15.9 Å². The molecule has 4 rings (SSSR count). The van der Waals surface area contributed by atoms with Crippen LogP contribution in [0.4, 0.5) is 20.2 Å². The van der Waals surface area contributed by atoms with Gasteiger partial charge in [-0.25, -0.2) is 8.78 Å². The molecule has 2 aliphatic rings. The molecule has 1 amide bonds. The lowest BCUT2D eigenvalue weighted by Gasteiger charge is -2.36. The predicted molar refractivity (Wildman–Crippen MR) is 103 cm³/mol. The fraction of sp³-hybridized carbons (Fsp3) is 0.350. The van der Waals surface area contributed by atoms with Crippen LogP contribution in [-0.2, 0) is 11.2 Å². The first-order chi connectivity index (χ1) is 12.9. The molecule has 27 heavy (non-hydrogen) atoms. The van der Waals surface area contributed by atoms with Crippen molar-refractivity contribution < 1.29 is 18.3 Å². The number of ether oxygens (including phenoxy) is 1. The van der Waals surface area contributed by atoms with Crippen LogP contribution in [0, 0.1) is 17.6 Å². The van der Waals surface area contributed by atoms with Crippen molar-refractivity contribution in [2.45, 2.75) is 38.6 Å². The number of amides is 1. The van der Waals surface area contributed by atoms with Crippen molar-refractivity contribution in [3.63, 3.8) is 0 Å². The van der Waals surface area contributed by atoms with Gasteiger partial charge in [0.15, 0.2) is 11.6 Å². The van der Waals surface area contributed by atoms with E-state index in [-0.39, 0.29) is 29.3 Å². The van der Waals surface area contributed by atoms with Crippen LogP contribution in [0.15, 0.2) is 28.7 Å². The average Bonchev–Trinajstić information content (AvgIpc) is 3.46. The first-order valence-corrected chi connectivity index (χ1v) is 9.73. The first kappa shape index (κ1) is 18.2. The summed E-state index contributed by atoms with van der Waals surface area (Å²) in [5, 5.41) is 0. The Bertz CT molecular complexity index is 931. The van der Waals surface area contributed by atoms with Crippen molar-refractivity contribution in [1.29, 1.82) is 0 Å². The fourth-order valence-corrected chi connectivity index (χ4v) is 3.93. The molecule has 1 unspecified atom stereocenters. The molecule has 142 valence electrons. The lowest BCUT2D eigenvalue weighted by Crippen LogP contribution is -2.43. The van der Waals surface area contributed by atoms with Crippen molar-refractivity contribution in [2.75, 3.05) is 10.6 Å². The molecule has 1 atom stereocenters. The van der Waals surface area contributed by atoms with Crippen LogP contribution in [-0.4, -0.2) is 11.9 Å². The zero-order valence-corrected chi connectivity index (χ0v) is 16.4. The number of hydrogen-bond acceptors (Lipinski definition) is 3. The Hall–Kier alpha value is -2.15. The van der Waals surface area contributed by atoms with Crippen LogP contribution in [0.3, 0.4) is 0 Å². The van der Waals surface area contributed by atoms with Crippen LogP contribution in [0.1, 0.15) is 31.7 Å². The summed E-state index contributed by atoms with van der Waals surface area (Å²) in [6, 6.07) is 5.58. The number of anilines is 2. The van der Waals surface area contributed by atoms with Gasteiger partial charge in [-0.15, -0.1) is 0 Å². The summed E-state index contributed by atoms with van der Waals surface area (Å²) < 4.78 is 34.4. The number of halogens is 3. The largest absolute Gasteiger partial charge is 0.453 e. The van der Waals surface area contributed by atoms with Gasteiger partial charge in [0.1, 0.15) is 11.6 Å². The maximum atomic E-state index is 14.2. The molecule has 2 aromatic rings. The van der Waals surface area contributed by atoms with Gasteiger partial charge in [-0.1, -0.05) is 0 Å². The molecule has 1 fully saturated rings. The van der Waals surface area contributed by atoms with E-state index in [4.69, 9.17) is 10.5 Å². The van der Waals surface area contributed by atoms with Gasteiger partial charge in [0, 0.05) is 29.7 Å². The van der Waals surface area contributed by atoms with E-state index in [1.165, 1.54) is 0 Å². The average molecular weight is 437 g/mol. The number of rotatable bonds is 3. The summed E-state index contributed by atoms with van der Waals surface area (Å²) in [5.41, 5.74) is 6.72. The molecule has 0 bridgehead atoms. The number of nitrogens with zero attached hydrogens (tertiary/aromatic N) is 1. The number of nitrogen functional groups attached to an aromatic ring is 1. The molecular formula is C20H19BrF2N2O2. The van der Waals surface area contributed by atoms with E-state index in [1.54, 1.807) is 6.07 Å². The number of carbonyl (C=O) groups is 1. The Balaban J connectivity index is 1.77. The normalized spacial score (nSPS) is 19.0. The molecule has 0 aromatic heterocycles. The highest BCUT2D eigenvalue weighted by atomic mass is 79.9. The summed E-state index contributed by atoms with van der Waals surface area (Å²) in [5.74, 6) is -1.11. The van der Waals surface area contributed by atoms with Gasteiger partial charge in [0.25, 0.3) is 0 Å². The smallest absolute Gasteiger partial charge is 0.230 e. The SMILES string of the molecule is CC1CCc2c(ccc(Br)c2Oc2cc(F)c(N)cc2F)N1C(=O)C1CC1. The van der Waals surface area contributed by atoms with Gasteiger partial charge in [-0.2, -0.15) is 0 Å². The molecule has 1 aliphatic carbocycles. The topological polar surface area (TPSA) is 55.6 Å². The van der Waals surface area contributed by atoms with E-state index < -0.39 is 11.6 Å². The lowest BCUT2D eigenvalue weighted by atomic mass is 9.95. The minimum Gasteiger partial charge on any atom is -0.453 e. The summed E-state index contributed by atoms with van der Waals surface area (Å²) in [6.45, 7) is 2.03. The summed E-state index contributed by atoms with van der Waals surface area (Å²) >= 11 is 3.43. The molecule has 7 heteroatoms. The Morgan fingerprint density at radius 2 is 1.96 bits per heavy atom. The quantitative estimate of drug-likeness (QED) is 0.674. The number of fused-ring (bicyclic) bond motifs is 1. The summed E-state index contributed by atoms with van der Waals surface area (Å²) in [4.78, 5) is 14.6. The van der Waals surface area contributed by atoms with Crippen LogP contribution in [0.25, 0.3) is 0 Å². The lowest BCUT2D eigenvalue weighted by molar-refractivity contribution is -0.120. The van der Waals surface area contributed by atoms with Crippen molar-refractivity contribution in [1.82, 2.24) is 0 Å². The number of benzene rings is 2. The fourth-order valence-electron chi connectivity index (χ4n) is 3.48. The van der Waals surface area contributed by atoms with E-state index >= 15 is 0 Å². The molecule has 0 spiro atoms. The molecule has 2 N–H and O–H groups in total. The zero-order valence-electron chi connectivity index (χ0n) is 14.8.